The molecule has 440 valence electrons. The summed E-state index contributed by atoms with van der Waals surface area (Å²) in [5.74, 6) is -0.0119. The summed E-state index contributed by atoms with van der Waals surface area (Å²) in [6.45, 7) is 4.99. The van der Waals surface area contributed by atoms with E-state index >= 15 is 0 Å². The van der Waals surface area contributed by atoms with Crippen molar-refractivity contribution in [1.29, 1.82) is 0 Å². The van der Waals surface area contributed by atoms with E-state index < -0.39 is 12.1 Å². The third-order valence-corrected chi connectivity index (χ3v) is 16.1. The van der Waals surface area contributed by atoms with E-state index in [9.17, 15) is 19.8 Å². The van der Waals surface area contributed by atoms with E-state index in [2.05, 4.69) is 31.3 Å². The van der Waals surface area contributed by atoms with Gasteiger partial charge < -0.3 is 20.3 Å². The second kappa shape index (κ2) is 64.1. The lowest BCUT2D eigenvalue weighted by Gasteiger charge is -2.22. The van der Waals surface area contributed by atoms with Crippen LogP contribution in [-0.2, 0) is 14.3 Å². The van der Waals surface area contributed by atoms with Crippen molar-refractivity contribution in [1.82, 2.24) is 5.32 Å². The molecule has 0 aromatic heterocycles. The first-order valence-electron chi connectivity index (χ1n) is 33.9. The van der Waals surface area contributed by atoms with Crippen LogP contribution in [-0.4, -0.2) is 47.4 Å². The Morgan fingerprint density at radius 3 is 0.959 bits per heavy atom. The smallest absolute Gasteiger partial charge is 0.305 e. The lowest BCUT2D eigenvalue weighted by Crippen LogP contribution is -2.45. The molecule has 0 aliphatic carbocycles. The summed E-state index contributed by atoms with van der Waals surface area (Å²) in [6, 6.07) is -0.539. The first-order chi connectivity index (χ1) is 36.5. The summed E-state index contributed by atoms with van der Waals surface area (Å²) in [4.78, 5) is 24.5. The standard InChI is InChI=1S/C68H133NO5/c1-3-5-7-9-11-13-15-17-36-40-44-48-52-56-60-66(71)65(64-70)69-67(72)61-57-53-49-45-41-37-34-32-30-28-26-24-22-20-19-21-23-25-27-29-31-33-35-39-43-47-51-55-59-63-74-68(73)62-58-54-50-46-42-38-18-16-14-12-10-8-6-4-2/h19,21,65-66,70-71H,3-18,20,22-64H2,1-2H3,(H,69,72)/b21-19-. The quantitative estimate of drug-likeness (QED) is 0.0320. The molecule has 0 radical (unpaired) electrons. The highest BCUT2D eigenvalue weighted by molar-refractivity contribution is 5.76. The lowest BCUT2D eigenvalue weighted by molar-refractivity contribution is -0.143. The number of nitrogens with one attached hydrogen (secondary N) is 1. The number of aliphatic hydroxyl groups excluding tert-OH is 2. The van der Waals surface area contributed by atoms with Crippen LogP contribution in [0.3, 0.4) is 0 Å². The Balaban J connectivity index is 3.35. The molecule has 0 rings (SSSR count). The number of amides is 1. The van der Waals surface area contributed by atoms with Gasteiger partial charge in [-0.15, -0.1) is 0 Å². The molecule has 2 atom stereocenters. The van der Waals surface area contributed by atoms with Crippen molar-refractivity contribution in [3.63, 3.8) is 0 Å². The average Bonchev–Trinajstić information content (AvgIpc) is 3.40. The number of esters is 1. The van der Waals surface area contributed by atoms with Gasteiger partial charge in [0, 0.05) is 12.8 Å². The molecule has 6 heteroatoms. The minimum absolute atomic E-state index is 0.0195. The molecule has 0 aromatic rings. The van der Waals surface area contributed by atoms with Gasteiger partial charge in [-0.25, -0.2) is 0 Å². The third-order valence-electron chi connectivity index (χ3n) is 16.1. The Hall–Kier alpha value is -1.40. The van der Waals surface area contributed by atoms with E-state index in [-0.39, 0.29) is 18.5 Å². The Morgan fingerprint density at radius 2 is 0.635 bits per heavy atom. The zero-order chi connectivity index (χ0) is 53.6. The number of rotatable bonds is 64. The SMILES string of the molecule is CCCCCCCCCCCCCCCCC(=O)OCCCCCCCCCCCCCC/C=C\CCCCCCCCCCCCCCCC(=O)NC(CO)C(O)CCCCCCCCCCCCCCCC. The Kier molecular flexibility index (Phi) is 62.9. The van der Waals surface area contributed by atoms with Crippen molar-refractivity contribution in [2.24, 2.45) is 0 Å². The number of unbranched alkanes of at least 4 members (excludes halogenated alkanes) is 51. The molecule has 1 amide bonds. The molecule has 0 fully saturated rings. The second-order valence-corrected chi connectivity index (χ2v) is 23.5. The Bertz CT molecular complexity index is 1110. The van der Waals surface area contributed by atoms with Crippen molar-refractivity contribution in [2.45, 2.75) is 398 Å². The molecule has 0 bridgehead atoms. The summed E-state index contributed by atoms with van der Waals surface area (Å²) < 4.78 is 5.49. The molecule has 0 saturated heterocycles. The highest BCUT2D eigenvalue weighted by atomic mass is 16.5. The minimum atomic E-state index is -0.662. The largest absolute Gasteiger partial charge is 0.466 e. The summed E-state index contributed by atoms with van der Waals surface area (Å²) >= 11 is 0. The lowest BCUT2D eigenvalue weighted by atomic mass is 10.0. The topological polar surface area (TPSA) is 95.9 Å². The van der Waals surface area contributed by atoms with Crippen LogP contribution in [0.5, 0.6) is 0 Å². The van der Waals surface area contributed by atoms with Crippen LogP contribution < -0.4 is 5.32 Å². The predicted molar refractivity (Wildman–Crippen MR) is 324 cm³/mol. The number of ether oxygens (including phenoxy) is 1. The van der Waals surface area contributed by atoms with Crippen LogP contribution in [0, 0.1) is 0 Å². The third kappa shape index (κ3) is 59.8. The minimum Gasteiger partial charge on any atom is -0.466 e. The molecule has 0 aliphatic heterocycles. The molecule has 6 nitrogen and oxygen atoms in total. The van der Waals surface area contributed by atoms with Crippen LogP contribution in [0.2, 0.25) is 0 Å². The maximum Gasteiger partial charge on any atom is 0.305 e. The van der Waals surface area contributed by atoms with Crippen LogP contribution in [0.25, 0.3) is 0 Å². The van der Waals surface area contributed by atoms with Gasteiger partial charge in [-0.1, -0.05) is 334 Å². The average molecular weight is 1040 g/mol. The van der Waals surface area contributed by atoms with Gasteiger partial charge in [-0.3, -0.25) is 9.59 Å². The van der Waals surface area contributed by atoms with E-state index in [1.807, 2.05) is 0 Å². The number of carbonyl (C=O) groups is 2. The van der Waals surface area contributed by atoms with Gasteiger partial charge in [0.05, 0.1) is 25.4 Å². The summed E-state index contributed by atoms with van der Waals surface area (Å²) in [5.41, 5.74) is 0. The Morgan fingerprint density at radius 1 is 0.365 bits per heavy atom. The second-order valence-electron chi connectivity index (χ2n) is 23.5. The molecule has 2 unspecified atom stereocenters. The van der Waals surface area contributed by atoms with Gasteiger partial charge in [0.25, 0.3) is 0 Å². The summed E-state index contributed by atoms with van der Waals surface area (Å²) in [6.07, 6.45) is 78.2. The summed E-state index contributed by atoms with van der Waals surface area (Å²) in [5, 5.41) is 23.3. The Labute approximate surface area is 463 Å². The van der Waals surface area contributed by atoms with Gasteiger partial charge in [-0.2, -0.15) is 0 Å². The zero-order valence-electron chi connectivity index (χ0n) is 50.4. The van der Waals surface area contributed by atoms with Gasteiger partial charge in [-0.05, 0) is 51.4 Å². The molecule has 74 heavy (non-hydrogen) atoms. The van der Waals surface area contributed by atoms with E-state index in [4.69, 9.17) is 4.74 Å². The van der Waals surface area contributed by atoms with Crippen LogP contribution in [0.4, 0.5) is 0 Å². The number of aliphatic hydroxyl groups is 2. The van der Waals surface area contributed by atoms with Crippen molar-refractivity contribution < 1.29 is 24.5 Å². The fourth-order valence-electron chi connectivity index (χ4n) is 10.9. The first-order valence-corrected chi connectivity index (χ1v) is 33.9. The molecule has 0 saturated carbocycles. The van der Waals surface area contributed by atoms with Crippen LogP contribution in [0.1, 0.15) is 386 Å². The van der Waals surface area contributed by atoms with Gasteiger partial charge >= 0.3 is 5.97 Å². The van der Waals surface area contributed by atoms with Gasteiger partial charge in [0.15, 0.2) is 0 Å². The molecule has 0 aromatic carbocycles. The normalized spacial score (nSPS) is 12.5. The van der Waals surface area contributed by atoms with E-state index in [1.54, 1.807) is 0 Å². The highest BCUT2D eigenvalue weighted by Crippen LogP contribution is 2.19. The van der Waals surface area contributed by atoms with Gasteiger partial charge in [0.2, 0.25) is 5.91 Å². The van der Waals surface area contributed by atoms with Crippen molar-refractivity contribution >= 4 is 11.9 Å². The van der Waals surface area contributed by atoms with Crippen LogP contribution >= 0.6 is 0 Å². The number of allylic oxidation sites excluding steroid dienone is 2. The van der Waals surface area contributed by atoms with Crippen molar-refractivity contribution in [3.05, 3.63) is 12.2 Å². The number of hydrogen-bond acceptors (Lipinski definition) is 5. The van der Waals surface area contributed by atoms with Crippen molar-refractivity contribution in [3.8, 4) is 0 Å². The fourth-order valence-corrected chi connectivity index (χ4v) is 10.9. The molecule has 0 spiro atoms. The maximum atomic E-state index is 12.5. The van der Waals surface area contributed by atoms with Crippen molar-refractivity contribution in [2.75, 3.05) is 13.2 Å². The molecule has 3 N–H and O–H groups in total. The maximum absolute atomic E-state index is 12.5. The molecular formula is C68H133NO5. The molecule has 0 heterocycles. The van der Waals surface area contributed by atoms with E-state index in [1.165, 1.54) is 315 Å². The number of carbonyl (C=O) groups excluding carboxylic acids is 2. The highest BCUT2D eigenvalue weighted by Gasteiger charge is 2.20. The van der Waals surface area contributed by atoms with E-state index in [0.29, 0.717) is 25.9 Å². The number of hydrogen-bond donors (Lipinski definition) is 3. The predicted octanol–water partition coefficient (Wildman–Crippen LogP) is 21.6. The van der Waals surface area contributed by atoms with Gasteiger partial charge in [0.1, 0.15) is 0 Å². The molecule has 0 aliphatic rings. The van der Waals surface area contributed by atoms with E-state index in [0.717, 1.165) is 38.5 Å². The molecular weight excluding hydrogens is 911 g/mol. The zero-order valence-corrected chi connectivity index (χ0v) is 50.4. The van der Waals surface area contributed by atoms with Crippen LogP contribution in [0.15, 0.2) is 12.2 Å². The monoisotopic (exact) mass is 1040 g/mol. The first kappa shape index (κ1) is 72.6. The summed E-state index contributed by atoms with van der Waals surface area (Å²) in [7, 11) is 0. The fraction of sp³-hybridized carbons (Fsp3) is 0.941.